The van der Waals surface area contributed by atoms with E-state index < -0.39 is 0 Å². The van der Waals surface area contributed by atoms with E-state index in [0.29, 0.717) is 18.1 Å². The van der Waals surface area contributed by atoms with Crippen LogP contribution >= 0.6 is 0 Å². The molecule has 2 N–H and O–H groups in total. The fraction of sp³-hybridized carbons (Fsp3) is 0.571. The predicted octanol–water partition coefficient (Wildman–Crippen LogP) is 1.12. The van der Waals surface area contributed by atoms with Gasteiger partial charge in [-0.05, 0) is 32.4 Å². The van der Waals surface area contributed by atoms with Crippen LogP contribution in [0.3, 0.4) is 0 Å². The number of nitrogens with two attached hydrogens (primary N) is 1. The zero-order valence-corrected chi connectivity index (χ0v) is 12.3. The van der Waals surface area contributed by atoms with Gasteiger partial charge in [-0.2, -0.15) is 4.98 Å². The molecule has 1 aliphatic heterocycles. The number of carbonyl (C=O) groups excluding carboxylic acids is 1. The van der Waals surface area contributed by atoms with Gasteiger partial charge in [0.1, 0.15) is 5.82 Å². The maximum absolute atomic E-state index is 11.9. The van der Waals surface area contributed by atoms with Gasteiger partial charge in [0.05, 0.1) is 18.3 Å². The molecule has 0 spiro atoms. The number of pyridine rings is 1. The summed E-state index contributed by atoms with van der Waals surface area (Å²) in [6.45, 7) is 5.78. The molecule has 20 heavy (non-hydrogen) atoms. The molecular formula is C14H22N4O2. The average molecular weight is 278 g/mol. The highest BCUT2D eigenvalue weighted by atomic mass is 16.5. The molecule has 0 saturated carbocycles. The fourth-order valence-electron chi connectivity index (χ4n) is 2.12. The summed E-state index contributed by atoms with van der Waals surface area (Å²) in [5.74, 6) is 1.27. The van der Waals surface area contributed by atoms with Crippen LogP contribution < -0.4 is 15.4 Å². The lowest BCUT2D eigenvalue weighted by Crippen LogP contribution is -2.34. The average Bonchev–Trinajstić information content (AvgIpc) is 2.54. The van der Waals surface area contributed by atoms with Crippen molar-refractivity contribution in [3.8, 4) is 5.88 Å². The monoisotopic (exact) mass is 278 g/mol. The Bertz CT molecular complexity index is 490. The van der Waals surface area contributed by atoms with Crippen LogP contribution in [0, 0.1) is 0 Å². The Balaban J connectivity index is 2.21. The number of likely N-dealkylation sites (N-methyl/N-ethyl adjacent to an activating group) is 1. The van der Waals surface area contributed by atoms with Gasteiger partial charge in [-0.25, -0.2) is 0 Å². The number of rotatable bonds is 3. The molecule has 1 aromatic rings. The number of anilines is 2. The SMILES string of the molecule is CC(C)Oc1nc(N2CCCN(C)C(=O)C2)ccc1N. The second-order valence-electron chi connectivity index (χ2n) is 5.32. The molecule has 2 heterocycles. The normalized spacial score (nSPS) is 16.5. The lowest BCUT2D eigenvalue weighted by Gasteiger charge is -2.22. The van der Waals surface area contributed by atoms with E-state index in [9.17, 15) is 4.79 Å². The maximum atomic E-state index is 11.9. The summed E-state index contributed by atoms with van der Waals surface area (Å²) in [6.07, 6.45) is 0.936. The van der Waals surface area contributed by atoms with Crippen molar-refractivity contribution >= 4 is 17.4 Å². The Hall–Kier alpha value is -1.98. The van der Waals surface area contributed by atoms with Crippen molar-refractivity contribution in [3.63, 3.8) is 0 Å². The summed E-state index contributed by atoms with van der Waals surface area (Å²) in [5, 5.41) is 0. The number of hydrogen-bond acceptors (Lipinski definition) is 5. The summed E-state index contributed by atoms with van der Waals surface area (Å²) in [5.41, 5.74) is 6.38. The molecular weight excluding hydrogens is 256 g/mol. The number of carbonyl (C=O) groups is 1. The van der Waals surface area contributed by atoms with Gasteiger partial charge < -0.3 is 20.3 Å². The molecule has 0 bridgehead atoms. The summed E-state index contributed by atoms with van der Waals surface area (Å²) >= 11 is 0. The fourth-order valence-corrected chi connectivity index (χ4v) is 2.12. The van der Waals surface area contributed by atoms with Crippen LogP contribution in [0.2, 0.25) is 0 Å². The van der Waals surface area contributed by atoms with Crippen molar-refractivity contribution in [3.05, 3.63) is 12.1 Å². The van der Waals surface area contributed by atoms with Gasteiger partial charge in [0.2, 0.25) is 11.8 Å². The van der Waals surface area contributed by atoms with E-state index in [4.69, 9.17) is 10.5 Å². The van der Waals surface area contributed by atoms with Crippen LogP contribution in [-0.2, 0) is 4.79 Å². The van der Waals surface area contributed by atoms with E-state index in [1.54, 1.807) is 11.0 Å². The smallest absolute Gasteiger partial charge is 0.241 e. The molecule has 1 amide bonds. The largest absolute Gasteiger partial charge is 0.473 e. The highest BCUT2D eigenvalue weighted by Crippen LogP contribution is 2.24. The van der Waals surface area contributed by atoms with Crippen molar-refractivity contribution < 1.29 is 9.53 Å². The van der Waals surface area contributed by atoms with Crippen LogP contribution in [0.1, 0.15) is 20.3 Å². The van der Waals surface area contributed by atoms with Gasteiger partial charge in [0, 0.05) is 20.1 Å². The third-order valence-corrected chi connectivity index (χ3v) is 3.22. The molecule has 1 aromatic heterocycles. The summed E-state index contributed by atoms with van der Waals surface area (Å²) in [7, 11) is 1.83. The third-order valence-electron chi connectivity index (χ3n) is 3.22. The van der Waals surface area contributed by atoms with Crippen LogP contribution in [0.25, 0.3) is 0 Å². The van der Waals surface area contributed by atoms with Crippen LogP contribution in [-0.4, -0.2) is 48.6 Å². The second-order valence-corrected chi connectivity index (χ2v) is 5.32. The Labute approximate surface area is 119 Å². The molecule has 0 atom stereocenters. The first-order valence-electron chi connectivity index (χ1n) is 6.89. The number of ether oxygens (including phenoxy) is 1. The van der Waals surface area contributed by atoms with Gasteiger partial charge in [-0.1, -0.05) is 0 Å². The molecule has 1 aliphatic rings. The maximum Gasteiger partial charge on any atom is 0.241 e. The van der Waals surface area contributed by atoms with Crippen molar-refractivity contribution in [1.29, 1.82) is 0 Å². The topological polar surface area (TPSA) is 71.7 Å². The van der Waals surface area contributed by atoms with E-state index in [-0.39, 0.29) is 12.0 Å². The molecule has 0 unspecified atom stereocenters. The van der Waals surface area contributed by atoms with Crippen molar-refractivity contribution in [2.75, 3.05) is 37.3 Å². The molecule has 1 saturated heterocycles. The van der Waals surface area contributed by atoms with Crippen LogP contribution in [0.5, 0.6) is 5.88 Å². The highest BCUT2D eigenvalue weighted by molar-refractivity contribution is 5.81. The van der Waals surface area contributed by atoms with Crippen molar-refractivity contribution in [1.82, 2.24) is 9.88 Å². The Morgan fingerprint density at radius 3 is 2.80 bits per heavy atom. The number of aromatic nitrogens is 1. The third kappa shape index (κ3) is 3.31. The minimum Gasteiger partial charge on any atom is -0.473 e. The number of nitrogen functional groups attached to an aromatic ring is 1. The zero-order chi connectivity index (χ0) is 14.7. The van der Waals surface area contributed by atoms with E-state index in [1.165, 1.54) is 0 Å². The van der Waals surface area contributed by atoms with Crippen LogP contribution in [0.15, 0.2) is 12.1 Å². The van der Waals surface area contributed by atoms with Crippen molar-refractivity contribution in [2.24, 2.45) is 0 Å². The summed E-state index contributed by atoms with van der Waals surface area (Å²) < 4.78 is 5.60. The van der Waals surface area contributed by atoms with E-state index >= 15 is 0 Å². The molecule has 1 fully saturated rings. The van der Waals surface area contributed by atoms with Gasteiger partial charge in [-0.3, -0.25) is 4.79 Å². The molecule has 0 radical (unpaired) electrons. The van der Waals surface area contributed by atoms with Crippen molar-refractivity contribution in [2.45, 2.75) is 26.4 Å². The number of nitrogens with zero attached hydrogens (tertiary/aromatic N) is 3. The zero-order valence-electron chi connectivity index (χ0n) is 12.3. The van der Waals surface area contributed by atoms with Gasteiger partial charge in [0.25, 0.3) is 0 Å². The summed E-state index contributed by atoms with van der Waals surface area (Å²) in [4.78, 5) is 20.1. The molecule has 6 nitrogen and oxygen atoms in total. The lowest BCUT2D eigenvalue weighted by molar-refractivity contribution is -0.127. The van der Waals surface area contributed by atoms with E-state index in [2.05, 4.69) is 4.98 Å². The molecule has 0 aromatic carbocycles. The van der Waals surface area contributed by atoms with Gasteiger partial charge in [0.15, 0.2) is 0 Å². The number of hydrogen-bond donors (Lipinski definition) is 1. The van der Waals surface area contributed by atoms with Crippen LogP contribution in [0.4, 0.5) is 11.5 Å². The first kappa shape index (κ1) is 14.4. The minimum atomic E-state index is 0.0111. The molecule has 2 rings (SSSR count). The van der Waals surface area contributed by atoms with Gasteiger partial charge in [-0.15, -0.1) is 0 Å². The van der Waals surface area contributed by atoms with Gasteiger partial charge >= 0.3 is 0 Å². The highest BCUT2D eigenvalue weighted by Gasteiger charge is 2.20. The Morgan fingerprint density at radius 2 is 2.10 bits per heavy atom. The molecule has 0 aliphatic carbocycles. The molecule has 6 heteroatoms. The minimum absolute atomic E-state index is 0.0111. The number of amides is 1. The Morgan fingerprint density at radius 1 is 1.35 bits per heavy atom. The first-order valence-corrected chi connectivity index (χ1v) is 6.89. The quantitative estimate of drug-likeness (QED) is 0.897. The standard InChI is InChI=1S/C14H22N4O2/c1-10(2)20-14-11(15)5-6-12(16-14)18-8-4-7-17(3)13(19)9-18/h5-6,10H,4,7-9,15H2,1-3H3. The van der Waals surface area contributed by atoms with E-state index in [0.717, 1.165) is 25.3 Å². The van der Waals surface area contributed by atoms with E-state index in [1.807, 2.05) is 31.9 Å². The second kappa shape index (κ2) is 5.98. The summed E-state index contributed by atoms with van der Waals surface area (Å²) in [6, 6.07) is 3.61. The Kier molecular flexibility index (Phi) is 4.32. The predicted molar refractivity (Wildman–Crippen MR) is 78.9 cm³/mol. The first-order chi connectivity index (χ1) is 9.47. The molecule has 110 valence electrons. The lowest BCUT2D eigenvalue weighted by atomic mass is 10.3.